The van der Waals surface area contributed by atoms with Gasteiger partial charge >= 0.3 is 0 Å². The van der Waals surface area contributed by atoms with Gasteiger partial charge in [-0.2, -0.15) is 0 Å². The third kappa shape index (κ3) is 7.54. The normalized spacial score (nSPS) is 16.3. The number of methoxy groups -OCH3 is 1. The second-order valence-electron chi connectivity index (χ2n) is 10.2. The highest BCUT2D eigenvalue weighted by Gasteiger charge is 2.28. The van der Waals surface area contributed by atoms with Crippen LogP contribution in [0.2, 0.25) is 0 Å². The maximum atomic E-state index is 13.4. The highest BCUT2D eigenvalue weighted by atomic mass is 32.2. The molecular formula is C26H39N3O5S. The first kappa shape index (κ1) is 27.2. The smallest absolute Gasteiger partial charge is 0.228 e. The van der Waals surface area contributed by atoms with Gasteiger partial charge in [0.05, 0.1) is 37.4 Å². The van der Waals surface area contributed by atoms with Crippen LogP contribution in [0, 0.1) is 11.8 Å². The molecule has 9 heteroatoms. The molecule has 3 rings (SSSR count). The van der Waals surface area contributed by atoms with E-state index < -0.39 is 9.84 Å². The van der Waals surface area contributed by atoms with Gasteiger partial charge in [-0.05, 0) is 42.4 Å². The summed E-state index contributed by atoms with van der Waals surface area (Å²) in [6, 6.07) is 7.05. The molecule has 1 aliphatic rings. The Morgan fingerprint density at radius 2 is 2.03 bits per heavy atom. The van der Waals surface area contributed by atoms with Gasteiger partial charge in [0.15, 0.2) is 0 Å². The Bertz CT molecular complexity index is 1090. The van der Waals surface area contributed by atoms with E-state index in [0.717, 1.165) is 25.1 Å². The van der Waals surface area contributed by atoms with Crippen LogP contribution < -0.4 is 4.74 Å². The maximum Gasteiger partial charge on any atom is 0.228 e. The lowest BCUT2D eigenvalue weighted by Gasteiger charge is -2.27. The molecule has 194 valence electrons. The standard InChI is InChI=1S/C26H39N3O5S/c1-19(2)12-25(30)28(17-24-10-7-11-34-24)16-22-14-27-26(29(22)15-20(3)4)35(31,32)18-21-8-6-9-23(13-21)33-5/h6,8-9,13-14,19-20,24H,7,10-12,15-18H2,1-5H3. The fourth-order valence-corrected chi connectivity index (χ4v) is 5.82. The van der Waals surface area contributed by atoms with Crippen molar-refractivity contribution in [2.24, 2.45) is 11.8 Å². The molecule has 2 aromatic rings. The topological polar surface area (TPSA) is 90.7 Å². The van der Waals surface area contributed by atoms with Crippen molar-refractivity contribution in [1.29, 1.82) is 0 Å². The summed E-state index contributed by atoms with van der Waals surface area (Å²) in [7, 11) is -2.17. The Morgan fingerprint density at radius 1 is 1.26 bits per heavy atom. The van der Waals surface area contributed by atoms with Crippen molar-refractivity contribution < 1.29 is 22.7 Å². The number of benzene rings is 1. The van der Waals surface area contributed by atoms with Gasteiger partial charge in [0.25, 0.3) is 0 Å². The van der Waals surface area contributed by atoms with Gasteiger partial charge in [-0.3, -0.25) is 4.79 Å². The molecule has 1 atom stereocenters. The molecule has 1 amide bonds. The van der Waals surface area contributed by atoms with E-state index in [0.29, 0.717) is 37.4 Å². The van der Waals surface area contributed by atoms with E-state index in [4.69, 9.17) is 9.47 Å². The summed E-state index contributed by atoms with van der Waals surface area (Å²) in [6.45, 7) is 10.1. The molecule has 35 heavy (non-hydrogen) atoms. The number of rotatable bonds is 12. The molecule has 1 fully saturated rings. The molecule has 1 unspecified atom stereocenters. The van der Waals surface area contributed by atoms with Crippen LogP contribution in [0.15, 0.2) is 35.6 Å². The van der Waals surface area contributed by atoms with Gasteiger partial charge in [0.2, 0.25) is 20.9 Å². The second kappa shape index (κ2) is 12.0. The summed E-state index contributed by atoms with van der Waals surface area (Å²) in [5.41, 5.74) is 1.36. The molecule has 2 heterocycles. The highest BCUT2D eigenvalue weighted by molar-refractivity contribution is 7.90. The Labute approximate surface area is 209 Å². The third-order valence-corrected chi connectivity index (χ3v) is 7.55. The quantitative estimate of drug-likeness (QED) is 0.432. The largest absolute Gasteiger partial charge is 0.497 e. The number of carbonyl (C=O) groups is 1. The number of amides is 1. The average Bonchev–Trinajstić information content (AvgIpc) is 3.43. The van der Waals surface area contributed by atoms with Gasteiger partial charge in [0, 0.05) is 26.1 Å². The third-order valence-electron chi connectivity index (χ3n) is 5.95. The Kier molecular flexibility index (Phi) is 9.35. The minimum absolute atomic E-state index is 0.0175. The Morgan fingerprint density at radius 3 is 2.66 bits per heavy atom. The van der Waals surface area contributed by atoms with Crippen LogP contribution in [0.5, 0.6) is 5.75 Å². The summed E-state index contributed by atoms with van der Waals surface area (Å²) in [6.07, 6.45) is 3.98. The van der Waals surface area contributed by atoms with E-state index in [1.807, 2.05) is 32.6 Å². The summed E-state index contributed by atoms with van der Waals surface area (Å²) in [5.74, 6) is 0.913. The SMILES string of the molecule is COc1cccc(CS(=O)(=O)c2ncc(CN(CC3CCCO3)C(=O)CC(C)C)n2CC(C)C)c1. The predicted molar refractivity (Wildman–Crippen MR) is 135 cm³/mol. The lowest BCUT2D eigenvalue weighted by atomic mass is 10.1. The summed E-state index contributed by atoms with van der Waals surface area (Å²) in [5, 5.41) is 0.0393. The zero-order valence-corrected chi connectivity index (χ0v) is 22.4. The fraction of sp³-hybridized carbons (Fsp3) is 0.615. The first-order valence-corrected chi connectivity index (χ1v) is 14.0. The Balaban J connectivity index is 1.90. The van der Waals surface area contributed by atoms with Crippen molar-refractivity contribution in [2.45, 2.75) is 77.1 Å². The van der Waals surface area contributed by atoms with E-state index >= 15 is 0 Å². The number of sulfone groups is 1. The lowest BCUT2D eigenvalue weighted by molar-refractivity contribution is -0.134. The van der Waals surface area contributed by atoms with E-state index in [-0.39, 0.29) is 34.8 Å². The van der Waals surface area contributed by atoms with Crippen LogP contribution in [-0.2, 0) is 38.2 Å². The van der Waals surface area contributed by atoms with Crippen molar-refractivity contribution in [3.63, 3.8) is 0 Å². The number of hydrogen-bond acceptors (Lipinski definition) is 6. The molecular weight excluding hydrogens is 466 g/mol. The first-order chi connectivity index (χ1) is 16.6. The number of nitrogens with zero attached hydrogens (tertiary/aromatic N) is 3. The zero-order chi connectivity index (χ0) is 25.6. The predicted octanol–water partition coefficient (Wildman–Crippen LogP) is 4.08. The number of ether oxygens (including phenoxy) is 2. The van der Waals surface area contributed by atoms with Gasteiger partial charge in [-0.1, -0.05) is 39.8 Å². The van der Waals surface area contributed by atoms with Gasteiger partial charge in [-0.25, -0.2) is 13.4 Å². The summed E-state index contributed by atoms with van der Waals surface area (Å²) >= 11 is 0. The average molecular weight is 506 g/mol. The number of hydrogen-bond donors (Lipinski definition) is 0. The monoisotopic (exact) mass is 505 g/mol. The van der Waals surface area contributed by atoms with E-state index in [9.17, 15) is 13.2 Å². The molecule has 1 aliphatic heterocycles. The molecule has 0 aliphatic carbocycles. The first-order valence-electron chi connectivity index (χ1n) is 12.4. The number of imidazole rings is 1. The van der Waals surface area contributed by atoms with Crippen molar-refractivity contribution in [1.82, 2.24) is 14.5 Å². The van der Waals surface area contributed by atoms with Crippen LogP contribution in [0.25, 0.3) is 0 Å². The molecule has 0 saturated carbocycles. The van der Waals surface area contributed by atoms with Crippen molar-refractivity contribution >= 4 is 15.7 Å². The Hall–Kier alpha value is -2.39. The molecule has 1 saturated heterocycles. The summed E-state index contributed by atoms with van der Waals surface area (Å²) < 4.78 is 39.7. The molecule has 0 radical (unpaired) electrons. The number of aromatic nitrogens is 2. The number of carbonyl (C=O) groups excluding carboxylic acids is 1. The van der Waals surface area contributed by atoms with Gasteiger partial charge in [0.1, 0.15) is 5.75 Å². The van der Waals surface area contributed by atoms with E-state index in [1.165, 1.54) is 0 Å². The molecule has 0 spiro atoms. The fourth-order valence-electron chi connectivity index (χ4n) is 4.34. The minimum atomic E-state index is -3.72. The van der Waals surface area contributed by atoms with Crippen LogP contribution in [0.1, 0.15) is 58.2 Å². The van der Waals surface area contributed by atoms with Gasteiger partial charge < -0.3 is 18.9 Å². The van der Waals surface area contributed by atoms with Crippen LogP contribution in [0.4, 0.5) is 0 Å². The molecule has 0 N–H and O–H groups in total. The van der Waals surface area contributed by atoms with Crippen molar-refractivity contribution in [3.8, 4) is 5.75 Å². The van der Waals surface area contributed by atoms with Crippen LogP contribution >= 0.6 is 0 Å². The highest BCUT2D eigenvalue weighted by Crippen LogP contribution is 2.23. The second-order valence-corrected chi connectivity index (χ2v) is 12.0. The van der Waals surface area contributed by atoms with Crippen LogP contribution in [0.3, 0.4) is 0 Å². The maximum absolute atomic E-state index is 13.4. The lowest BCUT2D eigenvalue weighted by Crippen LogP contribution is -2.38. The van der Waals surface area contributed by atoms with Crippen LogP contribution in [-0.4, -0.2) is 55.1 Å². The minimum Gasteiger partial charge on any atom is -0.497 e. The molecule has 0 bridgehead atoms. The van der Waals surface area contributed by atoms with E-state index in [2.05, 4.69) is 4.98 Å². The molecule has 1 aromatic carbocycles. The summed E-state index contributed by atoms with van der Waals surface area (Å²) in [4.78, 5) is 19.3. The molecule has 1 aromatic heterocycles. The van der Waals surface area contributed by atoms with Crippen molar-refractivity contribution in [3.05, 3.63) is 41.7 Å². The van der Waals surface area contributed by atoms with Gasteiger partial charge in [-0.15, -0.1) is 0 Å². The zero-order valence-electron chi connectivity index (χ0n) is 21.6. The molecule has 8 nitrogen and oxygen atoms in total. The van der Waals surface area contributed by atoms with Crippen molar-refractivity contribution in [2.75, 3.05) is 20.3 Å². The van der Waals surface area contributed by atoms with E-state index in [1.54, 1.807) is 42.1 Å².